The highest BCUT2D eigenvalue weighted by Crippen LogP contribution is 2.26. The smallest absolute Gasteiger partial charge is 0.206 e. The van der Waals surface area contributed by atoms with Crippen molar-refractivity contribution in [2.75, 3.05) is 5.32 Å². The fourth-order valence-corrected chi connectivity index (χ4v) is 2.50. The van der Waals surface area contributed by atoms with E-state index in [-0.39, 0.29) is 0 Å². The maximum Gasteiger partial charge on any atom is 0.206 e. The van der Waals surface area contributed by atoms with E-state index in [1.165, 1.54) is 4.68 Å². The van der Waals surface area contributed by atoms with Gasteiger partial charge in [-0.15, -0.1) is 0 Å². The lowest BCUT2D eigenvalue weighted by atomic mass is 10.2. The molecule has 0 aliphatic heterocycles. The Bertz CT molecular complexity index is 1120. The number of allylic oxidation sites excluding steroid dienone is 1. The summed E-state index contributed by atoms with van der Waals surface area (Å²) in [6.45, 7) is 5.65. The zero-order chi connectivity index (χ0) is 17.4. The predicted octanol–water partition coefficient (Wildman–Crippen LogP) is 2.26. The molecule has 0 bridgehead atoms. The molecule has 0 aliphatic rings. The highest BCUT2D eigenvalue weighted by atomic mass is 15.3. The van der Waals surface area contributed by atoms with Crippen LogP contribution in [0, 0.1) is 11.5 Å². The van der Waals surface area contributed by atoms with Gasteiger partial charge in [-0.3, -0.25) is 5.10 Å². The molecule has 9 heteroatoms. The molecule has 0 atom stereocenters. The van der Waals surface area contributed by atoms with E-state index in [1.807, 2.05) is 31.4 Å². The molecular weight excluding hydrogens is 318 g/mol. The Balaban J connectivity index is 1.84. The maximum atomic E-state index is 8.96. The Morgan fingerprint density at radius 3 is 3.00 bits per heavy atom. The number of hydrogen-bond acceptors (Lipinski definition) is 6. The van der Waals surface area contributed by atoms with Crippen LogP contribution in [0.15, 0.2) is 49.2 Å². The second kappa shape index (κ2) is 5.61. The van der Waals surface area contributed by atoms with Crippen LogP contribution in [0.4, 0.5) is 5.82 Å². The molecule has 4 heterocycles. The molecule has 0 amide bonds. The van der Waals surface area contributed by atoms with Crippen LogP contribution in [0.3, 0.4) is 0 Å². The fourth-order valence-electron chi connectivity index (χ4n) is 2.50. The van der Waals surface area contributed by atoms with E-state index in [0.29, 0.717) is 17.2 Å². The summed E-state index contributed by atoms with van der Waals surface area (Å²) < 4.78 is 2.91. The lowest BCUT2D eigenvalue weighted by Gasteiger charge is -2.04. The third-order valence-electron chi connectivity index (χ3n) is 3.54. The zero-order valence-electron chi connectivity index (χ0n) is 13.3. The van der Waals surface area contributed by atoms with Gasteiger partial charge in [-0.25, -0.2) is 9.50 Å². The number of fused-ring (bicyclic) bond motifs is 1. The number of anilines is 1. The first-order chi connectivity index (χ1) is 12.1. The molecule has 122 valence electrons. The van der Waals surface area contributed by atoms with Crippen molar-refractivity contribution in [2.24, 2.45) is 0 Å². The standard InChI is InChI=1S/C16H13N9/c1-10(2)20-15-5-12(22-23-15)13-8-25-14(3-4-18-25)16(21-13)11-6-19-24(7-11)9-17/h3-8H,1H2,2H3,(H2,20,22,23). The molecule has 0 unspecified atom stereocenters. The lowest BCUT2D eigenvalue weighted by Crippen LogP contribution is -1.96. The summed E-state index contributed by atoms with van der Waals surface area (Å²) in [7, 11) is 0. The summed E-state index contributed by atoms with van der Waals surface area (Å²) in [6.07, 6.45) is 8.68. The molecule has 4 rings (SSSR count). The van der Waals surface area contributed by atoms with Crippen molar-refractivity contribution in [3.63, 3.8) is 0 Å². The third-order valence-corrected chi connectivity index (χ3v) is 3.54. The van der Waals surface area contributed by atoms with Gasteiger partial charge in [0.05, 0.1) is 41.7 Å². The van der Waals surface area contributed by atoms with Gasteiger partial charge >= 0.3 is 0 Å². The third kappa shape index (κ3) is 2.61. The normalized spacial score (nSPS) is 10.7. The van der Waals surface area contributed by atoms with Gasteiger partial charge in [-0.05, 0) is 13.0 Å². The van der Waals surface area contributed by atoms with Crippen LogP contribution in [-0.2, 0) is 0 Å². The molecule has 2 N–H and O–H groups in total. The molecule has 9 nitrogen and oxygen atoms in total. The summed E-state index contributed by atoms with van der Waals surface area (Å²) in [5, 5.41) is 27.4. The van der Waals surface area contributed by atoms with Gasteiger partial charge in [0.25, 0.3) is 0 Å². The highest BCUT2D eigenvalue weighted by molar-refractivity contribution is 5.78. The minimum absolute atomic E-state index is 0.656. The first-order valence-corrected chi connectivity index (χ1v) is 7.42. The summed E-state index contributed by atoms with van der Waals surface area (Å²) in [5.41, 5.74) is 4.42. The molecule has 0 saturated carbocycles. The Kier molecular flexibility index (Phi) is 3.29. The van der Waals surface area contributed by atoms with Gasteiger partial charge in [0, 0.05) is 17.3 Å². The van der Waals surface area contributed by atoms with Gasteiger partial charge in [0.15, 0.2) is 5.82 Å². The zero-order valence-corrected chi connectivity index (χ0v) is 13.3. The average Bonchev–Trinajstić information content (AvgIpc) is 3.33. The predicted molar refractivity (Wildman–Crippen MR) is 91.2 cm³/mol. The Labute approximate surface area is 142 Å². The molecular formula is C16H13N9. The molecule has 0 saturated heterocycles. The number of nitriles is 1. The van der Waals surface area contributed by atoms with Gasteiger partial charge in [0.1, 0.15) is 5.69 Å². The fraction of sp³-hybridized carbons (Fsp3) is 0.0625. The van der Waals surface area contributed by atoms with Crippen LogP contribution in [0.2, 0.25) is 0 Å². The number of aromatic amines is 1. The van der Waals surface area contributed by atoms with Crippen molar-refractivity contribution in [1.29, 1.82) is 5.26 Å². The summed E-state index contributed by atoms with van der Waals surface area (Å²) >= 11 is 0. The van der Waals surface area contributed by atoms with Crippen molar-refractivity contribution in [3.05, 3.63) is 49.2 Å². The first kappa shape index (κ1) is 14.6. The van der Waals surface area contributed by atoms with Gasteiger partial charge < -0.3 is 5.32 Å². The van der Waals surface area contributed by atoms with E-state index in [2.05, 4.69) is 32.3 Å². The number of hydrogen-bond donors (Lipinski definition) is 2. The summed E-state index contributed by atoms with van der Waals surface area (Å²) in [4.78, 5) is 4.71. The first-order valence-electron chi connectivity index (χ1n) is 7.42. The van der Waals surface area contributed by atoms with E-state index in [0.717, 1.165) is 22.5 Å². The Hall–Kier alpha value is -3.93. The van der Waals surface area contributed by atoms with Crippen molar-refractivity contribution < 1.29 is 0 Å². The number of H-pyrrole nitrogens is 1. The largest absolute Gasteiger partial charge is 0.343 e. The van der Waals surface area contributed by atoms with Gasteiger partial charge in [-0.1, -0.05) is 6.58 Å². The quantitative estimate of drug-likeness (QED) is 0.593. The van der Waals surface area contributed by atoms with E-state index < -0.39 is 0 Å². The van der Waals surface area contributed by atoms with Crippen LogP contribution in [0.1, 0.15) is 6.92 Å². The topological polar surface area (TPSA) is 113 Å². The monoisotopic (exact) mass is 331 g/mol. The van der Waals surface area contributed by atoms with Gasteiger partial charge in [-0.2, -0.15) is 25.2 Å². The molecule has 25 heavy (non-hydrogen) atoms. The second-order valence-corrected chi connectivity index (χ2v) is 5.48. The number of rotatable bonds is 4. The maximum absolute atomic E-state index is 8.96. The van der Waals surface area contributed by atoms with Crippen molar-refractivity contribution >= 4 is 11.3 Å². The van der Waals surface area contributed by atoms with Crippen molar-refractivity contribution in [1.82, 2.24) is 34.6 Å². The van der Waals surface area contributed by atoms with Crippen LogP contribution in [-0.4, -0.2) is 34.6 Å². The van der Waals surface area contributed by atoms with Crippen LogP contribution in [0.25, 0.3) is 28.2 Å². The Morgan fingerprint density at radius 2 is 2.24 bits per heavy atom. The molecule has 0 spiro atoms. The van der Waals surface area contributed by atoms with Gasteiger partial charge in [0.2, 0.25) is 6.19 Å². The molecule has 4 aromatic rings. The van der Waals surface area contributed by atoms with E-state index in [1.54, 1.807) is 23.1 Å². The van der Waals surface area contributed by atoms with E-state index in [4.69, 9.17) is 10.2 Å². The van der Waals surface area contributed by atoms with Crippen LogP contribution >= 0.6 is 0 Å². The van der Waals surface area contributed by atoms with E-state index >= 15 is 0 Å². The van der Waals surface area contributed by atoms with E-state index in [9.17, 15) is 0 Å². The van der Waals surface area contributed by atoms with Crippen LogP contribution in [0.5, 0.6) is 0 Å². The molecule has 0 aromatic carbocycles. The second-order valence-electron chi connectivity index (χ2n) is 5.48. The highest BCUT2D eigenvalue weighted by Gasteiger charge is 2.14. The van der Waals surface area contributed by atoms with Crippen LogP contribution < -0.4 is 5.32 Å². The Morgan fingerprint density at radius 1 is 1.36 bits per heavy atom. The minimum atomic E-state index is 0.656. The number of nitrogens with zero attached hydrogens (tertiary/aromatic N) is 7. The molecule has 4 aromatic heterocycles. The SMILES string of the molecule is C=C(C)Nc1cc(-c2cn3nccc3c(-c3cnn(C#N)c3)n2)[nH]n1. The summed E-state index contributed by atoms with van der Waals surface area (Å²) in [6, 6.07) is 3.70. The number of aromatic nitrogens is 7. The van der Waals surface area contributed by atoms with Crippen molar-refractivity contribution in [2.45, 2.75) is 6.92 Å². The van der Waals surface area contributed by atoms with Crippen molar-refractivity contribution in [3.8, 4) is 28.8 Å². The molecule has 0 fully saturated rings. The number of nitrogens with one attached hydrogen (secondary N) is 2. The molecule has 0 aliphatic carbocycles. The lowest BCUT2D eigenvalue weighted by molar-refractivity contribution is 0.898. The average molecular weight is 331 g/mol. The minimum Gasteiger partial charge on any atom is -0.343 e. The summed E-state index contributed by atoms with van der Waals surface area (Å²) in [5.74, 6) is 0.656. The molecule has 0 radical (unpaired) electrons.